The van der Waals surface area contributed by atoms with Gasteiger partial charge in [-0.1, -0.05) is 35.5 Å². The zero-order valence-corrected chi connectivity index (χ0v) is 20.9. The van der Waals surface area contributed by atoms with Crippen molar-refractivity contribution in [2.75, 3.05) is 0 Å². The molecule has 1 N–H and O–H groups in total. The van der Waals surface area contributed by atoms with Gasteiger partial charge in [-0.2, -0.15) is 0 Å². The fraction of sp³-hybridized carbons (Fsp3) is 0.125. The summed E-state index contributed by atoms with van der Waals surface area (Å²) in [5.74, 6) is 1.48. The number of furan rings is 1. The number of thiazole rings is 1. The number of amides is 1. The van der Waals surface area contributed by atoms with Crippen molar-refractivity contribution in [1.82, 2.24) is 30.0 Å². The molecular weight excluding hydrogens is 504 g/mol. The number of hydrogen-bond donors (Lipinski definition) is 1. The molecule has 4 heterocycles. The molecule has 0 saturated carbocycles. The first kappa shape index (κ1) is 23.3. The Bertz CT molecular complexity index is 1450. The summed E-state index contributed by atoms with van der Waals surface area (Å²) in [5.41, 5.74) is 3.20. The zero-order chi connectivity index (χ0) is 24.2. The molecule has 0 unspecified atom stereocenters. The highest BCUT2D eigenvalue weighted by molar-refractivity contribution is 7.98. The third kappa shape index (κ3) is 5.29. The van der Waals surface area contributed by atoms with Gasteiger partial charge in [-0.15, -0.1) is 21.5 Å². The van der Waals surface area contributed by atoms with Gasteiger partial charge in [0.2, 0.25) is 5.82 Å². The average molecular weight is 523 g/mol. The maximum Gasteiger partial charge on any atom is 0.271 e. The minimum atomic E-state index is -0.223. The Morgan fingerprint density at radius 1 is 1.23 bits per heavy atom. The quantitative estimate of drug-likeness (QED) is 0.266. The van der Waals surface area contributed by atoms with Gasteiger partial charge in [0.1, 0.15) is 10.7 Å². The normalized spacial score (nSPS) is 11.0. The predicted molar refractivity (Wildman–Crippen MR) is 136 cm³/mol. The molecule has 0 fully saturated rings. The fourth-order valence-electron chi connectivity index (χ4n) is 3.35. The second-order valence-corrected chi connectivity index (χ2v) is 9.83. The summed E-state index contributed by atoms with van der Waals surface area (Å²) in [6.45, 7) is 2.40. The van der Waals surface area contributed by atoms with Crippen LogP contribution in [0.15, 0.2) is 76.1 Å². The van der Waals surface area contributed by atoms with Crippen molar-refractivity contribution in [3.63, 3.8) is 0 Å². The lowest BCUT2D eigenvalue weighted by molar-refractivity contribution is 0.0946. The minimum Gasteiger partial charge on any atom is -0.461 e. The number of hydrogen-bond acceptors (Lipinski definition) is 8. The Hall–Kier alpha value is -3.47. The molecule has 176 valence electrons. The first-order valence-electron chi connectivity index (χ1n) is 10.6. The van der Waals surface area contributed by atoms with E-state index in [0.29, 0.717) is 39.8 Å². The van der Waals surface area contributed by atoms with Crippen LogP contribution in [0.4, 0.5) is 0 Å². The van der Waals surface area contributed by atoms with Crippen molar-refractivity contribution < 1.29 is 9.21 Å². The van der Waals surface area contributed by atoms with Gasteiger partial charge in [-0.25, -0.2) is 4.98 Å². The predicted octanol–water partition coefficient (Wildman–Crippen LogP) is 5.56. The van der Waals surface area contributed by atoms with Gasteiger partial charge >= 0.3 is 0 Å². The molecule has 0 aliphatic rings. The molecule has 0 radical (unpaired) electrons. The summed E-state index contributed by atoms with van der Waals surface area (Å²) in [6, 6.07) is 13.1. The Labute approximate surface area is 214 Å². The van der Waals surface area contributed by atoms with E-state index in [1.165, 1.54) is 23.1 Å². The van der Waals surface area contributed by atoms with Gasteiger partial charge in [0.15, 0.2) is 10.9 Å². The lowest BCUT2D eigenvalue weighted by atomic mass is 10.2. The van der Waals surface area contributed by atoms with Crippen LogP contribution < -0.4 is 5.32 Å². The topological polar surface area (TPSA) is 98.7 Å². The maximum atomic E-state index is 12.5. The van der Waals surface area contributed by atoms with Crippen LogP contribution in [0, 0.1) is 6.92 Å². The number of aromatic nitrogens is 5. The zero-order valence-electron chi connectivity index (χ0n) is 18.5. The number of benzene rings is 1. The van der Waals surface area contributed by atoms with Crippen molar-refractivity contribution in [2.45, 2.75) is 24.4 Å². The van der Waals surface area contributed by atoms with Gasteiger partial charge in [-0.3, -0.25) is 14.3 Å². The maximum absolute atomic E-state index is 12.5. The monoisotopic (exact) mass is 522 g/mol. The Balaban J connectivity index is 1.34. The number of aryl methyl sites for hydroxylation is 1. The molecule has 0 aliphatic carbocycles. The Morgan fingerprint density at radius 3 is 2.94 bits per heavy atom. The smallest absolute Gasteiger partial charge is 0.271 e. The molecule has 0 atom stereocenters. The largest absolute Gasteiger partial charge is 0.461 e. The third-order valence-corrected chi connectivity index (χ3v) is 7.28. The van der Waals surface area contributed by atoms with Gasteiger partial charge < -0.3 is 9.73 Å². The van der Waals surface area contributed by atoms with E-state index >= 15 is 0 Å². The first-order valence-corrected chi connectivity index (χ1v) is 12.8. The van der Waals surface area contributed by atoms with Gasteiger partial charge in [0.25, 0.3) is 5.91 Å². The molecule has 11 heteroatoms. The molecule has 1 aromatic carbocycles. The molecule has 5 aromatic rings. The molecule has 0 bridgehead atoms. The number of halogens is 1. The van der Waals surface area contributed by atoms with Crippen LogP contribution in [0.3, 0.4) is 0 Å². The van der Waals surface area contributed by atoms with E-state index < -0.39 is 0 Å². The second kappa shape index (κ2) is 10.4. The molecule has 0 spiro atoms. The second-order valence-electron chi connectivity index (χ2n) is 7.51. The van der Waals surface area contributed by atoms with Crippen LogP contribution in [-0.2, 0) is 12.3 Å². The van der Waals surface area contributed by atoms with Gasteiger partial charge in [0.05, 0.1) is 17.7 Å². The van der Waals surface area contributed by atoms with Crippen molar-refractivity contribution in [3.05, 3.63) is 93.4 Å². The van der Waals surface area contributed by atoms with Crippen molar-refractivity contribution in [1.29, 1.82) is 0 Å². The summed E-state index contributed by atoms with van der Waals surface area (Å²) >= 11 is 9.20. The standard InChI is InChI=1S/C24H19ClN6O2S2/c1-15-6-7-17(25)10-19(15)31-22(20-5-3-9-33-20)29-30-24(31)35-14-21-28-18(13-34-21)23(32)27-12-16-4-2-8-26-11-16/h2-11,13H,12,14H2,1H3,(H,27,32). The molecule has 4 aromatic heterocycles. The van der Waals surface area contributed by atoms with Crippen molar-refractivity contribution in [3.8, 4) is 17.3 Å². The summed E-state index contributed by atoms with van der Waals surface area (Å²) in [7, 11) is 0. The SMILES string of the molecule is Cc1ccc(Cl)cc1-n1c(SCc2nc(C(=O)NCc3cccnc3)cs2)nnc1-c1ccco1. The number of thioether (sulfide) groups is 1. The Morgan fingerprint density at radius 2 is 2.14 bits per heavy atom. The highest BCUT2D eigenvalue weighted by atomic mass is 35.5. The van der Waals surface area contributed by atoms with Crippen molar-refractivity contribution >= 4 is 40.6 Å². The number of carbonyl (C=O) groups excluding carboxylic acids is 1. The number of rotatable bonds is 8. The lowest BCUT2D eigenvalue weighted by Gasteiger charge is -2.12. The van der Waals surface area contributed by atoms with Crippen LogP contribution in [0.2, 0.25) is 5.02 Å². The lowest BCUT2D eigenvalue weighted by Crippen LogP contribution is -2.23. The number of nitrogens with one attached hydrogen (secondary N) is 1. The Kier molecular flexibility index (Phi) is 6.94. The summed E-state index contributed by atoms with van der Waals surface area (Å²) in [6.07, 6.45) is 5.02. The molecule has 5 rings (SSSR count). The van der Waals surface area contributed by atoms with E-state index in [2.05, 4.69) is 25.5 Å². The number of carbonyl (C=O) groups is 1. The average Bonchev–Trinajstić information content (AvgIpc) is 3.64. The van der Waals surface area contributed by atoms with E-state index in [1.54, 1.807) is 24.0 Å². The summed E-state index contributed by atoms with van der Waals surface area (Å²) in [5, 5.41) is 15.5. The number of pyridine rings is 1. The van der Waals surface area contributed by atoms with Crippen LogP contribution >= 0.6 is 34.7 Å². The highest BCUT2D eigenvalue weighted by Crippen LogP contribution is 2.32. The van der Waals surface area contributed by atoms with Crippen LogP contribution in [0.25, 0.3) is 17.3 Å². The van der Waals surface area contributed by atoms with Crippen LogP contribution in [-0.4, -0.2) is 30.6 Å². The molecule has 8 nitrogen and oxygen atoms in total. The summed E-state index contributed by atoms with van der Waals surface area (Å²) < 4.78 is 7.52. The number of nitrogens with zero attached hydrogens (tertiary/aromatic N) is 5. The summed E-state index contributed by atoms with van der Waals surface area (Å²) in [4.78, 5) is 21.1. The minimum absolute atomic E-state index is 0.223. The molecular formula is C24H19ClN6O2S2. The third-order valence-electron chi connectivity index (χ3n) is 5.07. The van der Waals surface area contributed by atoms with Gasteiger partial charge in [-0.05, 0) is 48.4 Å². The van der Waals surface area contributed by atoms with Crippen LogP contribution in [0.5, 0.6) is 0 Å². The van der Waals surface area contributed by atoms with E-state index in [1.807, 2.05) is 54.0 Å². The molecule has 0 saturated heterocycles. The van der Waals surface area contributed by atoms with Gasteiger partial charge in [0, 0.05) is 29.3 Å². The highest BCUT2D eigenvalue weighted by Gasteiger charge is 2.20. The fourth-order valence-corrected chi connectivity index (χ4v) is 5.26. The molecule has 0 aliphatic heterocycles. The van der Waals surface area contributed by atoms with Crippen molar-refractivity contribution in [2.24, 2.45) is 0 Å². The van der Waals surface area contributed by atoms with E-state index in [9.17, 15) is 4.79 Å². The first-order chi connectivity index (χ1) is 17.1. The molecule has 1 amide bonds. The van der Waals surface area contributed by atoms with Crippen LogP contribution in [0.1, 0.15) is 26.6 Å². The van der Waals surface area contributed by atoms with E-state index in [4.69, 9.17) is 16.0 Å². The molecule has 35 heavy (non-hydrogen) atoms. The van der Waals surface area contributed by atoms with E-state index in [0.717, 1.165) is 21.8 Å². The van der Waals surface area contributed by atoms with E-state index in [-0.39, 0.29) is 5.91 Å².